The van der Waals surface area contributed by atoms with Gasteiger partial charge in [0, 0.05) is 5.69 Å². The van der Waals surface area contributed by atoms with E-state index >= 15 is 0 Å². The topological polar surface area (TPSA) is 66.5 Å². The second kappa shape index (κ2) is 8.92. The van der Waals surface area contributed by atoms with Gasteiger partial charge in [-0.2, -0.15) is 0 Å². The van der Waals surface area contributed by atoms with Gasteiger partial charge in [-0.15, -0.1) is 0 Å². The largest absolute Gasteiger partial charge is 0.324 e. The first-order valence-corrected chi connectivity index (χ1v) is 11.2. The lowest BCUT2D eigenvalue weighted by molar-refractivity contribution is -0.117. The summed E-state index contributed by atoms with van der Waals surface area (Å²) in [6.07, 6.45) is 1.95. The van der Waals surface area contributed by atoms with Crippen LogP contribution in [-0.4, -0.2) is 26.6 Å². The van der Waals surface area contributed by atoms with Gasteiger partial charge in [0.25, 0.3) is 0 Å². The minimum Gasteiger partial charge on any atom is -0.324 e. The number of nitrogens with one attached hydrogen (secondary N) is 1. The highest BCUT2D eigenvalue weighted by Gasteiger charge is 2.32. The highest BCUT2D eigenvalue weighted by Crippen LogP contribution is 2.28. The van der Waals surface area contributed by atoms with Gasteiger partial charge >= 0.3 is 0 Å². The highest BCUT2D eigenvalue weighted by molar-refractivity contribution is 7.92. The first-order valence-electron chi connectivity index (χ1n) is 8.93. The maximum absolute atomic E-state index is 13.5. The summed E-state index contributed by atoms with van der Waals surface area (Å²) in [5.74, 6) is -1.12. The van der Waals surface area contributed by atoms with Crippen molar-refractivity contribution in [3.63, 3.8) is 0 Å². The predicted octanol–water partition coefficient (Wildman–Crippen LogP) is 4.53. The summed E-state index contributed by atoms with van der Waals surface area (Å²) in [5.41, 5.74) is 2.66. The van der Waals surface area contributed by atoms with E-state index in [2.05, 4.69) is 5.32 Å². The molecule has 28 heavy (non-hydrogen) atoms. The molecule has 0 aliphatic carbocycles. The summed E-state index contributed by atoms with van der Waals surface area (Å²) >= 11 is 5.83. The molecule has 8 heteroatoms. The van der Waals surface area contributed by atoms with Gasteiger partial charge in [-0.05, 0) is 49.1 Å². The second-order valence-electron chi connectivity index (χ2n) is 6.53. The lowest BCUT2D eigenvalue weighted by Crippen LogP contribution is -2.47. The van der Waals surface area contributed by atoms with Crippen molar-refractivity contribution in [3.8, 4) is 0 Å². The molecule has 1 amide bonds. The number of amides is 1. The summed E-state index contributed by atoms with van der Waals surface area (Å²) in [7, 11) is -3.83. The minimum absolute atomic E-state index is 0.136. The van der Waals surface area contributed by atoms with Crippen molar-refractivity contribution >= 4 is 38.9 Å². The Morgan fingerprint density at radius 2 is 1.93 bits per heavy atom. The fraction of sp³-hybridized carbons (Fsp3) is 0.350. The van der Waals surface area contributed by atoms with E-state index in [1.165, 1.54) is 12.1 Å². The fourth-order valence-electron chi connectivity index (χ4n) is 3.09. The molecular weight excluding hydrogens is 403 g/mol. The zero-order chi connectivity index (χ0) is 21.1. The number of carbonyl (C=O) groups excluding carboxylic acids is 1. The van der Waals surface area contributed by atoms with E-state index in [1.54, 1.807) is 6.92 Å². The minimum atomic E-state index is -3.83. The zero-order valence-electron chi connectivity index (χ0n) is 16.3. The Bertz CT molecular complexity index is 979. The monoisotopic (exact) mass is 426 g/mol. The summed E-state index contributed by atoms with van der Waals surface area (Å²) in [6, 6.07) is 8.27. The van der Waals surface area contributed by atoms with Crippen LogP contribution >= 0.6 is 11.6 Å². The first-order chi connectivity index (χ1) is 13.1. The maximum atomic E-state index is 13.5. The van der Waals surface area contributed by atoms with Crippen molar-refractivity contribution in [2.45, 2.75) is 39.7 Å². The van der Waals surface area contributed by atoms with Crippen molar-refractivity contribution < 1.29 is 17.6 Å². The van der Waals surface area contributed by atoms with Crippen molar-refractivity contribution in [1.82, 2.24) is 0 Å². The van der Waals surface area contributed by atoms with Crippen molar-refractivity contribution in [2.75, 3.05) is 15.9 Å². The number of hydrogen-bond donors (Lipinski definition) is 1. The summed E-state index contributed by atoms with van der Waals surface area (Å²) in [4.78, 5) is 13.1. The number of halogens is 2. The van der Waals surface area contributed by atoms with Crippen LogP contribution in [0.15, 0.2) is 36.4 Å². The molecule has 152 valence electrons. The van der Waals surface area contributed by atoms with Gasteiger partial charge in [0.2, 0.25) is 15.9 Å². The summed E-state index contributed by atoms with van der Waals surface area (Å²) in [5, 5.41) is 2.66. The van der Waals surface area contributed by atoms with E-state index in [0.717, 1.165) is 34.2 Å². The van der Waals surface area contributed by atoms with E-state index in [9.17, 15) is 17.6 Å². The first kappa shape index (κ1) is 22.2. The van der Waals surface area contributed by atoms with Crippen LogP contribution in [-0.2, 0) is 21.2 Å². The number of hydrogen-bond acceptors (Lipinski definition) is 3. The Hall–Kier alpha value is -2.12. The molecule has 0 saturated heterocycles. The van der Waals surface area contributed by atoms with Crippen LogP contribution in [0, 0.1) is 12.7 Å². The van der Waals surface area contributed by atoms with E-state index < -0.39 is 27.8 Å². The number of carbonyl (C=O) groups is 1. The lowest BCUT2D eigenvalue weighted by atomic mass is 10.0. The van der Waals surface area contributed by atoms with Crippen LogP contribution in [0.25, 0.3) is 0 Å². The fourth-order valence-corrected chi connectivity index (χ4v) is 4.47. The quantitative estimate of drug-likeness (QED) is 0.707. The van der Waals surface area contributed by atoms with Gasteiger partial charge in [-0.1, -0.05) is 43.6 Å². The highest BCUT2D eigenvalue weighted by atomic mass is 35.5. The molecule has 0 heterocycles. The molecule has 0 aliphatic heterocycles. The van der Waals surface area contributed by atoms with Gasteiger partial charge < -0.3 is 5.32 Å². The number of benzene rings is 2. The Morgan fingerprint density at radius 3 is 2.46 bits per heavy atom. The Morgan fingerprint density at radius 1 is 1.25 bits per heavy atom. The standard InChI is InChI=1S/C20H24ClFN2O3S/c1-5-14-9-7-8-13(3)19(14)23-20(25)18(6-2)24(28(4,26)27)15-10-11-17(22)16(21)12-15/h7-12,18H,5-6H2,1-4H3,(H,23,25)/t18-/m1/s1. The molecule has 0 spiro atoms. The van der Waals surface area contributed by atoms with Gasteiger partial charge in [-0.3, -0.25) is 9.10 Å². The third kappa shape index (κ3) is 4.83. The molecule has 0 bridgehead atoms. The Labute approximate surface area is 170 Å². The Balaban J connectivity index is 2.47. The smallest absolute Gasteiger partial charge is 0.248 e. The zero-order valence-corrected chi connectivity index (χ0v) is 17.9. The molecule has 0 saturated carbocycles. The maximum Gasteiger partial charge on any atom is 0.248 e. The SMILES string of the molecule is CCc1cccc(C)c1NC(=O)[C@@H](CC)N(c1ccc(F)c(Cl)c1)S(C)(=O)=O. The van der Waals surface area contributed by atoms with Crippen LogP contribution in [0.1, 0.15) is 31.4 Å². The molecule has 2 rings (SSSR count). The number of para-hydroxylation sites is 1. The molecule has 0 fully saturated rings. The molecule has 1 atom stereocenters. The third-order valence-electron chi connectivity index (χ3n) is 4.48. The average Bonchev–Trinajstić information content (AvgIpc) is 2.62. The van der Waals surface area contributed by atoms with Crippen molar-refractivity contribution in [3.05, 3.63) is 58.4 Å². The van der Waals surface area contributed by atoms with Crippen LogP contribution < -0.4 is 9.62 Å². The third-order valence-corrected chi connectivity index (χ3v) is 5.95. The Kier molecular flexibility index (Phi) is 7.06. The van der Waals surface area contributed by atoms with E-state index in [1.807, 2.05) is 32.0 Å². The van der Waals surface area contributed by atoms with Gasteiger partial charge in [0.05, 0.1) is 17.0 Å². The molecule has 0 radical (unpaired) electrons. The molecule has 1 N–H and O–H groups in total. The summed E-state index contributed by atoms with van der Waals surface area (Å²) in [6.45, 7) is 5.57. The van der Waals surface area contributed by atoms with E-state index in [-0.39, 0.29) is 17.1 Å². The molecule has 0 unspecified atom stereocenters. The lowest BCUT2D eigenvalue weighted by Gasteiger charge is -2.30. The second-order valence-corrected chi connectivity index (χ2v) is 8.80. The average molecular weight is 427 g/mol. The molecule has 2 aromatic rings. The van der Waals surface area contributed by atoms with Crippen LogP contribution in [0.5, 0.6) is 0 Å². The van der Waals surface area contributed by atoms with Gasteiger partial charge in [-0.25, -0.2) is 12.8 Å². The van der Waals surface area contributed by atoms with Gasteiger partial charge in [0.15, 0.2) is 0 Å². The molecular formula is C20H24ClFN2O3S. The van der Waals surface area contributed by atoms with Crippen molar-refractivity contribution in [1.29, 1.82) is 0 Å². The predicted molar refractivity (Wildman–Crippen MR) is 112 cm³/mol. The van der Waals surface area contributed by atoms with E-state index in [4.69, 9.17) is 11.6 Å². The number of nitrogens with zero attached hydrogens (tertiary/aromatic N) is 1. The number of sulfonamides is 1. The van der Waals surface area contributed by atoms with Crippen LogP contribution in [0.2, 0.25) is 5.02 Å². The number of anilines is 2. The normalized spacial score (nSPS) is 12.5. The molecule has 0 aliphatic rings. The van der Waals surface area contributed by atoms with Gasteiger partial charge in [0.1, 0.15) is 11.9 Å². The van der Waals surface area contributed by atoms with Crippen LogP contribution in [0.4, 0.5) is 15.8 Å². The molecule has 5 nitrogen and oxygen atoms in total. The molecule has 2 aromatic carbocycles. The van der Waals surface area contributed by atoms with Crippen LogP contribution in [0.3, 0.4) is 0 Å². The van der Waals surface area contributed by atoms with E-state index in [0.29, 0.717) is 5.69 Å². The van der Waals surface area contributed by atoms with Crippen molar-refractivity contribution in [2.24, 2.45) is 0 Å². The number of aryl methyl sites for hydroxylation is 2. The summed E-state index contributed by atoms with van der Waals surface area (Å²) < 4.78 is 39.5. The molecule has 0 aromatic heterocycles. The number of rotatable bonds is 7.